The Bertz CT molecular complexity index is 647. The van der Waals surface area contributed by atoms with Gasteiger partial charge in [-0.05, 0) is 38.0 Å². The van der Waals surface area contributed by atoms with Crippen molar-refractivity contribution in [3.8, 4) is 0 Å². The lowest BCUT2D eigenvalue weighted by molar-refractivity contribution is 0.153. The Morgan fingerprint density at radius 3 is 2.58 bits per heavy atom. The normalized spacial score (nSPS) is 12.4. The second-order valence-corrected chi connectivity index (χ2v) is 4.80. The molecule has 2 aromatic rings. The minimum Gasteiger partial charge on any atom is -0.387 e. The van der Waals surface area contributed by atoms with Crippen molar-refractivity contribution in [1.29, 1.82) is 0 Å². The van der Waals surface area contributed by atoms with Crippen LogP contribution in [0.2, 0.25) is 0 Å². The van der Waals surface area contributed by atoms with Crippen molar-refractivity contribution in [1.82, 2.24) is 9.55 Å². The Balaban J connectivity index is 2.32. The summed E-state index contributed by atoms with van der Waals surface area (Å²) in [5.41, 5.74) is 3.05. The largest absolute Gasteiger partial charge is 0.387 e. The molecule has 2 rings (SSSR count). The maximum absolute atomic E-state index is 11.9. The van der Waals surface area contributed by atoms with Crippen LogP contribution in [0, 0.1) is 20.8 Å². The highest BCUT2D eigenvalue weighted by Crippen LogP contribution is 2.18. The van der Waals surface area contributed by atoms with E-state index in [0.717, 1.165) is 16.8 Å². The second kappa shape index (κ2) is 5.36. The van der Waals surface area contributed by atoms with Gasteiger partial charge >= 0.3 is 5.69 Å². The molecule has 19 heavy (non-hydrogen) atoms. The SMILES string of the molecule is Cc1cc(C)n(CC(O)c2ccccc2C)c(=O)n1. The topological polar surface area (TPSA) is 55.1 Å². The number of aliphatic hydroxyl groups is 1. The third-order valence-corrected chi connectivity index (χ3v) is 3.25. The highest BCUT2D eigenvalue weighted by molar-refractivity contribution is 5.27. The molecule has 1 atom stereocenters. The maximum atomic E-state index is 11.9. The van der Waals surface area contributed by atoms with Gasteiger partial charge in [0.15, 0.2) is 0 Å². The van der Waals surface area contributed by atoms with E-state index in [1.807, 2.05) is 44.2 Å². The maximum Gasteiger partial charge on any atom is 0.348 e. The van der Waals surface area contributed by atoms with E-state index in [0.29, 0.717) is 5.69 Å². The van der Waals surface area contributed by atoms with Gasteiger partial charge in [-0.2, -0.15) is 4.98 Å². The van der Waals surface area contributed by atoms with Crippen LogP contribution < -0.4 is 5.69 Å². The van der Waals surface area contributed by atoms with Crippen molar-refractivity contribution in [2.24, 2.45) is 0 Å². The molecule has 0 aliphatic heterocycles. The fourth-order valence-corrected chi connectivity index (χ4v) is 2.23. The Morgan fingerprint density at radius 1 is 1.26 bits per heavy atom. The average Bonchev–Trinajstić information content (AvgIpc) is 2.34. The highest BCUT2D eigenvalue weighted by Gasteiger charge is 2.13. The molecular formula is C15H18N2O2. The Morgan fingerprint density at radius 2 is 1.95 bits per heavy atom. The standard InChI is InChI=1S/C15H18N2O2/c1-10-6-4-5-7-13(10)14(18)9-17-12(3)8-11(2)16-15(17)19/h4-8,14,18H,9H2,1-3H3. The lowest BCUT2D eigenvalue weighted by atomic mass is 10.0. The van der Waals surface area contributed by atoms with Crippen molar-refractivity contribution in [2.75, 3.05) is 0 Å². The number of aliphatic hydroxyl groups excluding tert-OH is 1. The summed E-state index contributed by atoms with van der Waals surface area (Å²) in [7, 11) is 0. The van der Waals surface area contributed by atoms with Gasteiger partial charge in [0.2, 0.25) is 0 Å². The molecule has 4 nitrogen and oxygen atoms in total. The van der Waals surface area contributed by atoms with E-state index in [2.05, 4.69) is 4.98 Å². The van der Waals surface area contributed by atoms with E-state index >= 15 is 0 Å². The molecule has 4 heteroatoms. The van der Waals surface area contributed by atoms with E-state index in [-0.39, 0.29) is 12.2 Å². The molecule has 0 amide bonds. The summed E-state index contributed by atoms with van der Waals surface area (Å²) < 4.78 is 1.50. The molecule has 0 saturated heterocycles. The number of aryl methyl sites for hydroxylation is 3. The van der Waals surface area contributed by atoms with Gasteiger partial charge < -0.3 is 5.11 Å². The second-order valence-electron chi connectivity index (χ2n) is 4.80. The summed E-state index contributed by atoms with van der Waals surface area (Å²) in [5.74, 6) is 0. The summed E-state index contributed by atoms with van der Waals surface area (Å²) in [6, 6.07) is 9.47. The van der Waals surface area contributed by atoms with Crippen LogP contribution in [-0.2, 0) is 6.54 Å². The first kappa shape index (κ1) is 13.5. The molecule has 0 spiro atoms. The summed E-state index contributed by atoms with van der Waals surface area (Å²) in [5, 5.41) is 10.3. The minimum absolute atomic E-state index is 0.225. The van der Waals surface area contributed by atoms with Crippen LogP contribution >= 0.6 is 0 Å². The van der Waals surface area contributed by atoms with Crippen LogP contribution in [-0.4, -0.2) is 14.7 Å². The van der Waals surface area contributed by atoms with Gasteiger partial charge in [0.1, 0.15) is 0 Å². The molecule has 0 fully saturated rings. The highest BCUT2D eigenvalue weighted by atomic mass is 16.3. The van der Waals surface area contributed by atoms with Gasteiger partial charge in [-0.1, -0.05) is 24.3 Å². The number of hydrogen-bond acceptors (Lipinski definition) is 3. The monoisotopic (exact) mass is 258 g/mol. The fraction of sp³-hybridized carbons (Fsp3) is 0.333. The van der Waals surface area contributed by atoms with Crippen molar-refractivity contribution < 1.29 is 5.11 Å². The zero-order chi connectivity index (χ0) is 14.0. The van der Waals surface area contributed by atoms with Crippen LogP contribution in [0.5, 0.6) is 0 Å². The molecule has 1 N–H and O–H groups in total. The van der Waals surface area contributed by atoms with Crippen molar-refractivity contribution in [2.45, 2.75) is 33.4 Å². The number of rotatable bonds is 3. The first-order valence-electron chi connectivity index (χ1n) is 6.27. The van der Waals surface area contributed by atoms with Crippen LogP contribution in [0.25, 0.3) is 0 Å². The zero-order valence-corrected chi connectivity index (χ0v) is 11.4. The molecule has 1 heterocycles. The van der Waals surface area contributed by atoms with Gasteiger partial charge in [-0.3, -0.25) is 4.57 Å². The van der Waals surface area contributed by atoms with E-state index < -0.39 is 6.10 Å². The summed E-state index contributed by atoms with van der Waals surface area (Å²) in [6.07, 6.45) is -0.706. The smallest absolute Gasteiger partial charge is 0.348 e. The van der Waals surface area contributed by atoms with Gasteiger partial charge in [0.05, 0.1) is 12.6 Å². The molecule has 100 valence electrons. The molecular weight excluding hydrogens is 240 g/mol. The number of benzene rings is 1. The first-order chi connectivity index (χ1) is 8.99. The summed E-state index contributed by atoms with van der Waals surface area (Å²) in [4.78, 5) is 15.8. The van der Waals surface area contributed by atoms with Crippen molar-refractivity contribution in [3.05, 3.63) is 63.3 Å². The fourth-order valence-electron chi connectivity index (χ4n) is 2.23. The van der Waals surface area contributed by atoms with Crippen LogP contribution in [0.3, 0.4) is 0 Å². The van der Waals surface area contributed by atoms with E-state index in [4.69, 9.17) is 0 Å². The quantitative estimate of drug-likeness (QED) is 0.914. The average molecular weight is 258 g/mol. The summed E-state index contributed by atoms with van der Waals surface area (Å²) >= 11 is 0. The molecule has 1 aromatic carbocycles. The Labute approximate surface area is 112 Å². The summed E-state index contributed by atoms with van der Waals surface area (Å²) in [6.45, 7) is 5.81. The van der Waals surface area contributed by atoms with Gasteiger partial charge in [-0.15, -0.1) is 0 Å². The van der Waals surface area contributed by atoms with E-state index in [9.17, 15) is 9.90 Å². The molecule has 0 bridgehead atoms. The molecule has 0 radical (unpaired) electrons. The first-order valence-corrected chi connectivity index (χ1v) is 6.27. The third kappa shape index (κ3) is 2.90. The predicted molar refractivity (Wildman–Crippen MR) is 74.1 cm³/mol. The molecule has 0 saturated carbocycles. The van der Waals surface area contributed by atoms with Crippen molar-refractivity contribution in [3.63, 3.8) is 0 Å². The number of nitrogens with zero attached hydrogens (tertiary/aromatic N) is 2. The molecule has 0 aliphatic carbocycles. The van der Waals surface area contributed by atoms with E-state index in [1.165, 1.54) is 4.57 Å². The van der Waals surface area contributed by atoms with E-state index in [1.54, 1.807) is 6.92 Å². The van der Waals surface area contributed by atoms with Crippen LogP contribution in [0.15, 0.2) is 35.1 Å². The molecule has 0 aliphatic rings. The van der Waals surface area contributed by atoms with Gasteiger partial charge in [0, 0.05) is 11.4 Å². The minimum atomic E-state index is -0.706. The predicted octanol–water partition coefficient (Wildman–Crippen LogP) is 1.90. The number of hydrogen-bond donors (Lipinski definition) is 1. The molecule has 1 unspecified atom stereocenters. The Kier molecular flexibility index (Phi) is 3.81. The van der Waals surface area contributed by atoms with Crippen molar-refractivity contribution >= 4 is 0 Å². The number of aromatic nitrogens is 2. The lowest BCUT2D eigenvalue weighted by Crippen LogP contribution is -2.28. The Hall–Kier alpha value is -1.94. The van der Waals surface area contributed by atoms with Crippen LogP contribution in [0.1, 0.15) is 28.6 Å². The third-order valence-electron chi connectivity index (χ3n) is 3.25. The van der Waals surface area contributed by atoms with Gasteiger partial charge in [0.25, 0.3) is 0 Å². The lowest BCUT2D eigenvalue weighted by Gasteiger charge is -2.16. The van der Waals surface area contributed by atoms with Gasteiger partial charge in [-0.25, -0.2) is 4.79 Å². The zero-order valence-electron chi connectivity index (χ0n) is 11.4. The molecule has 1 aromatic heterocycles. The van der Waals surface area contributed by atoms with Crippen LogP contribution in [0.4, 0.5) is 0 Å².